The van der Waals surface area contributed by atoms with Crippen molar-refractivity contribution >= 4 is 16.2 Å². The van der Waals surface area contributed by atoms with Crippen LogP contribution in [0.15, 0.2) is 0 Å². The quantitative estimate of drug-likeness (QED) is 0.589. The van der Waals surface area contributed by atoms with Gasteiger partial charge in [-0.3, -0.25) is 4.79 Å². The first-order chi connectivity index (χ1) is 6.82. The van der Waals surface area contributed by atoms with Gasteiger partial charge in [0.15, 0.2) is 0 Å². The summed E-state index contributed by atoms with van der Waals surface area (Å²) in [6, 6.07) is -1.25. The molecule has 0 amide bonds. The van der Waals surface area contributed by atoms with E-state index in [-0.39, 0.29) is 12.0 Å². The summed E-state index contributed by atoms with van der Waals surface area (Å²) < 4.78 is 27.2. The fourth-order valence-electron chi connectivity index (χ4n) is 1.29. The molecule has 0 heterocycles. The van der Waals surface area contributed by atoms with E-state index in [0.717, 1.165) is 12.8 Å². The normalized spacial score (nSPS) is 19.1. The summed E-state index contributed by atoms with van der Waals surface area (Å²) in [4.78, 5) is 10.8. The Labute approximate surface area is 89.2 Å². The highest BCUT2D eigenvalue weighted by Gasteiger charge is 2.38. The van der Waals surface area contributed by atoms with Crippen molar-refractivity contribution in [3.05, 3.63) is 0 Å². The number of carboxylic acid groups (broad SMARTS) is 1. The summed E-state index contributed by atoms with van der Waals surface area (Å²) in [7, 11) is -3.71. The second-order valence-corrected chi connectivity index (χ2v) is 5.53. The zero-order valence-electron chi connectivity index (χ0n) is 8.73. The lowest BCUT2D eigenvalue weighted by Crippen LogP contribution is -2.49. The first kappa shape index (κ1) is 12.4. The van der Waals surface area contributed by atoms with E-state index >= 15 is 0 Å². The third-order valence-corrected chi connectivity index (χ3v) is 3.38. The van der Waals surface area contributed by atoms with Gasteiger partial charge in [-0.1, -0.05) is 0 Å². The van der Waals surface area contributed by atoms with Gasteiger partial charge in [0.2, 0.25) is 0 Å². The Balaban J connectivity index is 2.61. The lowest BCUT2D eigenvalue weighted by atomic mass is 10.2. The topological polar surface area (TPSA) is 95.5 Å². The molecule has 1 unspecified atom stereocenters. The van der Waals surface area contributed by atoms with Gasteiger partial charge in [0, 0.05) is 6.04 Å². The number of rotatable bonds is 6. The second-order valence-electron chi connectivity index (χ2n) is 4.05. The summed E-state index contributed by atoms with van der Waals surface area (Å²) >= 11 is 0. The Bertz CT molecular complexity index is 335. The van der Waals surface area contributed by atoms with E-state index in [1.807, 2.05) is 0 Å². The van der Waals surface area contributed by atoms with E-state index < -0.39 is 22.2 Å². The molecule has 0 aromatic heterocycles. The molecule has 0 saturated heterocycles. The van der Waals surface area contributed by atoms with Gasteiger partial charge in [-0.2, -0.15) is 17.9 Å². The monoisotopic (exact) mass is 236 g/mol. The van der Waals surface area contributed by atoms with Crippen LogP contribution in [-0.2, 0) is 15.0 Å². The molecule has 1 atom stereocenters. The van der Waals surface area contributed by atoms with Gasteiger partial charge in [-0.25, -0.2) is 0 Å². The van der Waals surface area contributed by atoms with E-state index in [1.165, 1.54) is 0 Å². The Morgan fingerprint density at radius 2 is 1.87 bits per heavy atom. The van der Waals surface area contributed by atoms with Crippen molar-refractivity contribution < 1.29 is 18.3 Å². The molecule has 7 heteroatoms. The molecule has 6 nitrogen and oxygen atoms in total. The summed E-state index contributed by atoms with van der Waals surface area (Å²) in [6.07, 6.45) is 1.53. The molecule has 0 bridgehead atoms. The van der Waals surface area contributed by atoms with Crippen LogP contribution in [0.25, 0.3) is 0 Å². The van der Waals surface area contributed by atoms with Crippen LogP contribution in [0.2, 0.25) is 0 Å². The van der Waals surface area contributed by atoms with Crippen molar-refractivity contribution in [3.63, 3.8) is 0 Å². The van der Waals surface area contributed by atoms with E-state index in [2.05, 4.69) is 9.44 Å². The van der Waals surface area contributed by atoms with Crippen molar-refractivity contribution in [3.8, 4) is 0 Å². The number of hydrogen-bond acceptors (Lipinski definition) is 3. The minimum absolute atomic E-state index is 0.0637. The van der Waals surface area contributed by atoms with Gasteiger partial charge in [0.25, 0.3) is 10.2 Å². The van der Waals surface area contributed by atoms with E-state index in [9.17, 15) is 13.2 Å². The Morgan fingerprint density at radius 3 is 2.20 bits per heavy atom. The van der Waals surface area contributed by atoms with Crippen molar-refractivity contribution in [2.24, 2.45) is 5.92 Å². The third kappa shape index (κ3) is 4.15. The zero-order chi connectivity index (χ0) is 11.6. The van der Waals surface area contributed by atoms with Gasteiger partial charge in [0.1, 0.15) is 6.04 Å². The van der Waals surface area contributed by atoms with Crippen LogP contribution >= 0.6 is 0 Å². The maximum atomic E-state index is 11.4. The van der Waals surface area contributed by atoms with Gasteiger partial charge >= 0.3 is 5.97 Å². The molecule has 0 radical (unpaired) electrons. The maximum absolute atomic E-state index is 11.4. The molecule has 1 aliphatic rings. The number of aliphatic carboxylic acids is 1. The van der Waals surface area contributed by atoms with Crippen LogP contribution in [0.3, 0.4) is 0 Å². The molecule has 0 aromatic carbocycles. The SMILES string of the molecule is CC(C)NS(=O)(=O)NC(C(=O)O)C1CC1. The summed E-state index contributed by atoms with van der Waals surface area (Å²) in [5.41, 5.74) is 0. The minimum Gasteiger partial charge on any atom is -0.480 e. The summed E-state index contributed by atoms with van der Waals surface area (Å²) in [5.74, 6) is -1.18. The summed E-state index contributed by atoms with van der Waals surface area (Å²) in [5, 5.41) is 8.83. The number of carbonyl (C=O) groups is 1. The molecule has 0 aliphatic heterocycles. The van der Waals surface area contributed by atoms with E-state index in [1.54, 1.807) is 13.8 Å². The van der Waals surface area contributed by atoms with Crippen LogP contribution in [0.1, 0.15) is 26.7 Å². The highest BCUT2D eigenvalue weighted by atomic mass is 32.2. The molecule has 88 valence electrons. The van der Waals surface area contributed by atoms with E-state index in [0.29, 0.717) is 0 Å². The fraction of sp³-hybridized carbons (Fsp3) is 0.875. The fourth-order valence-corrected chi connectivity index (χ4v) is 2.61. The molecule has 0 spiro atoms. The Morgan fingerprint density at radius 1 is 1.33 bits per heavy atom. The van der Waals surface area contributed by atoms with Crippen LogP contribution < -0.4 is 9.44 Å². The van der Waals surface area contributed by atoms with Gasteiger partial charge in [-0.05, 0) is 32.6 Å². The lowest BCUT2D eigenvalue weighted by molar-refractivity contribution is -0.139. The molecular weight excluding hydrogens is 220 g/mol. The average molecular weight is 236 g/mol. The average Bonchev–Trinajstić information content (AvgIpc) is 2.79. The Hall–Kier alpha value is -0.660. The largest absolute Gasteiger partial charge is 0.480 e. The number of carboxylic acids is 1. The Kier molecular flexibility index (Phi) is 3.69. The minimum atomic E-state index is -3.71. The molecule has 1 saturated carbocycles. The molecular formula is C8H16N2O4S. The van der Waals surface area contributed by atoms with Gasteiger partial charge in [0.05, 0.1) is 0 Å². The predicted molar refractivity (Wildman–Crippen MR) is 54.5 cm³/mol. The van der Waals surface area contributed by atoms with Crippen molar-refractivity contribution in [1.82, 2.24) is 9.44 Å². The van der Waals surface area contributed by atoms with E-state index in [4.69, 9.17) is 5.11 Å². The standard InChI is InChI=1S/C8H16N2O4S/c1-5(2)9-15(13,14)10-7(8(11)12)6-3-4-6/h5-7,9-10H,3-4H2,1-2H3,(H,11,12). The van der Waals surface area contributed by atoms with Crippen LogP contribution in [0.5, 0.6) is 0 Å². The smallest absolute Gasteiger partial charge is 0.322 e. The molecule has 0 aromatic rings. The lowest BCUT2D eigenvalue weighted by Gasteiger charge is -2.15. The van der Waals surface area contributed by atoms with Crippen molar-refractivity contribution in [1.29, 1.82) is 0 Å². The third-order valence-electron chi connectivity index (χ3n) is 2.03. The van der Waals surface area contributed by atoms with Crippen molar-refractivity contribution in [2.75, 3.05) is 0 Å². The maximum Gasteiger partial charge on any atom is 0.322 e. The highest BCUT2D eigenvalue weighted by molar-refractivity contribution is 7.87. The first-order valence-corrected chi connectivity index (χ1v) is 6.32. The molecule has 15 heavy (non-hydrogen) atoms. The number of nitrogens with one attached hydrogen (secondary N) is 2. The predicted octanol–water partition coefficient (Wildman–Crippen LogP) is -0.318. The van der Waals surface area contributed by atoms with Gasteiger partial charge < -0.3 is 5.11 Å². The second kappa shape index (κ2) is 4.46. The molecule has 1 fully saturated rings. The first-order valence-electron chi connectivity index (χ1n) is 4.84. The van der Waals surface area contributed by atoms with Crippen LogP contribution in [0, 0.1) is 5.92 Å². The summed E-state index contributed by atoms with van der Waals surface area (Å²) in [6.45, 7) is 3.35. The molecule has 1 aliphatic carbocycles. The zero-order valence-corrected chi connectivity index (χ0v) is 9.54. The van der Waals surface area contributed by atoms with Crippen molar-refractivity contribution in [2.45, 2.75) is 38.8 Å². The van der Waals surface area contributed by atoms with Crippen LogP contribution in [0.4, 0.5) is 0 Å². The molecule has 3 N–H and O–H groups in total. The molecule has 1 rings (SSSR count). The van der Waals surface area contributed by atoms with Gasteiger partial charge in [-0.15, -0.1) is 0 Å². The highest BCUT2D eigenvalue weighted by Crippen LogP contribution is 2.32. The number of hydrogen-bond donors (Lipinski definition) is 3. The van der Waals surface area contributed by atoms with Crippen LogP contribution in [-0.4, -0.2) is 31.6 Å².